The van der Waals surface area contributed by atoms with E-state index < -0.39 is 5.41 Å². The van der Waals surface area contributed by atoms with E-state index in [1.54, 1.807) is 0 Å². The Balaban J connectivity index is 1.82. The SMILES string of the molecule is [C-]#[N+]C1=C[C@@]2(C)c3c(c(-c4ccccc4)nn3-c3ccc(C)cc3)CC[C@@H]2[C@@H](C)C1=O. The number of nitrogens with zero attached hydrogens (tertiary/aromatic N) is 3. The van der Waals surface area contributed by atoms with E-state index >= 15 is 0 Å². The van der Waals surface area contributed by atoms with Crippen molar-refractivity contribution >= 4 is 5.78 Å². The third kappa shape index (κ3) is 2.88. The lowest BCUT2D eigenvalue weighted by molar-refractivity contribution is -0.121. The standard InChI is InChI=1S/C27H25N3O/c1-17-10-12-20(13-11-17)30-26-21(24(29-30)19-8-6-5-7-9-19)14-15-22-18(2)25(31)23(28-4)16-27(22,26)3/h5-13,16,18,22H,14-15H2,1-3H3/t18-,22-,27-/m1/s1. The van der Waals surface area contributed by atoms with Crippen LogP contribution in [0, 0.1) is 25.3 Å². The average molecular weight is 408 g/mol. The van der Waals surface area contributed by atoms with Crippen molar-refractivity contribution in [2.45, 2.75) is 39.0 Å². The first-order valence-electron chi connectivity index (χ1n) is 10.8. The van der Waals surface area contributed by atoms with Gasteiger partial charge in [0, 0.05) is 22.5 Å². The second kappa shape index (κ2) is 7.06. The highest BCUT2D eigenvalue weighted by Crippen LogP contribution is 2.52. The highest BCUT2D eigenvalue weighted by Gasteiger charge is 2.50. The summed E-state index contributed by atoms with van der Waals surface area (Å²) >= 11 is 0. The largest absolute Gasteiger partial charge is 0.308 e. The summed E-state index contributed by atoms with van der Waals surface area (Å²) in [6.45, 7) is 13.8. The normalized spacial score (nSPS) is 24.7. The Kier molecular flexibility index (Phi) is 4.44. The van der Waals surface area contributed by atoms with Crippen LogP contribution in [0.4, 0.5) is 0 Å². The minimum Gasteiger partial charge on any atom is -0.308 e. The molecule has 0 N–H and O–H groups in total. The van der Waals surface area contributed by atoms with E-state index in [0.29, 0.717) is 0 Å². The molecule has 154 valence electrons. The Morgan fingerprint density at radius 2 is 1.84 bits per heavy atom. The molecule has 0 saturated carbocycles. The summed E-state index contributed by atoms with van der Waals surface area (Å²) in [5.74, 6) is -0.0399. The van der Waals surface area contributed by atoms with E-state index in [2.05, 4.69) is 59.8 Å². The van der Waals surface area contributed by atoms with E-state index in [4.69, 9.17) is 11.7 Å². The molecule has 0 bridgehead atoms. The van der Waals surface area contributed by atoms with Crippen LogP contribution >= 0.6 is 0 Å². The van der Waals surface area contributed by atoms with Gasteiger partial charge in [0.05, 0.1) is 23.6 Å². The number of allylic oxidation sites excluding steroid dienone is 2. The van der Waals surface area contributed by atoms with E-state index in [1.807, 2.05) is 31.2 Å². The molecule has 0 radical (unpaired) electrons. The van der Waals surface area contributed by atoms with E-state index in [-0.39, 0.29) is 23.3 Å². The zero-order valence-corrected chi connectivity index (χ0v) is 18.1. The maximum atomic E-state index is 12.8. The van der Waals surface area contributed by atoms with Crippen molar-refractivity contribution in [1.82, 2.24) is 9.78 Å². The third-order valence-electron chi connectivity index (χ3n) is 7.12. The zero-order valence-electron chi connectivity index (χ0n) is 18.1. The lowest BCUT2D eigenvalue weighted by atomic mass is 9.58. The molecule has 4 heteroatoms. The molecule has 2 aromatic carbocycles. The van der Waals surface area contributed by atoms with Gasteiger partial charge in [-0.15, -0.1) is 0 Å². The number of fused-ring (bicyclic) bond motifs is 3. The predicted octanol–water partition coefficient (Wildman–Crippen LogP) is 5.69. The molecule has 3 aromatic rings. The number of benzene rings is 2. The number of ketones is 1. The average Bonchev–Trinajstić information content (AvgIpc) is 3.18. The second-order valence-corrected chi connectivity index (χ2v) is 9.01. The quantitative estimate of drug-likeness (QED) is 0.512. The fraction of sp³-hybridized carbons (Fsp3) is 0.296. The second-order valence-electron chi connectivity index (χ2n) is 9.01. The lowest BCUT2D eigenvalue weighted by Crippen LogP contribution is -2.46. The number of carbonyl (C=O) groups is 1. The van der Waals surface area contributed by atoms with Crippen LogP contribution in [0.1, 0.15) is 37.1 Å². The first-order valence-corrected chi connectivity index (χ1v) is 10.8. The summed E-state index contributed by atoms with van der Waals surface area (Å²) in [6.07, 6.45) is 3.72. The van der Waals surface area contributed by atoms with Gasteiger partial charge < -0.3 is 4.79 Å². The number of carbonyl (C=O) groups excluding carboxylic acids is 1. The van der Waals surface area contributed by atoms with Crippen LogP contribution in [-0.2, 0) is 16.6 Å². The fourth-order valence-electron chi connectivity index (χ4n) is 5.52. The summed E-state index contributed by atoms with van der Waals surface area (Å²) in [7, 11) is 0. The maximum absolute atomic E-state index is 12.8. The predicted molar refractivity (Wildman–Crippen MR) is 122 cm³/mol. The number of hydrogen-bond acceptors (Lipinski definition) is 2. The Labute approximate surface area is 183 Å². The minimum atomic E-state index is -0.425. The van der Waals surface area contributed by atoms with Gasteiger partial charge in [-0.25, -0.2) is 9.53 Å². The molecule has 0 unspecified atom stereocenters. The molecular weight excluding hydrogens is 382 g/mol. The number of rotatable bonds is 2. The molecule has 2 aliphatic carbocycles. The molecule has 0 aliphatic heterocycles. The lowest BCUT2D eigenvalue weighted by Gasteiger charge is -2.45. The van der Waals surface area contributed by atoms with Gasteiger partial charge in [-0.2, -0.15) is 5.10 Å². The molecule has 31 heavy (non-hydrogen) atoms. The highest BCUT2D eigenvalue weighted by molar-refractivity contribution is 6.00. The highest BCUT2D eigenvalue weighted by atomic mass is 16.1. The molecule has 1 aromatic heterocycles. The number of aryl methyl sites for hydroxylation is 1. The van der Waals surface area contributed by atoms with Gasteiger partial charge in [-0.05, 0) is 37.8 Å². The first-order chi connectivity index (χ1) is 14.9. The molecule has 3 atom stereocenters. The van der Waals surface area contributed by atoms with Gasteiger partial charge in [0.25, 0.3) is 0 Å². The molecule has 5 rings (SSSR count). The van der Waals surface area contributed by atoms with Crippen molar-refractivity contribution in [2.24, 2.45) is 11.8 Å². The van der Waals surface area contributed by atoms with Gasteiger partial charge in [0.2, 0.25) is 5.70 Å². The Morgan fingerprint density at radius 1 is 1.13 bits per heavy atom. The van der Waals surface area contributed by atoms with E-state index in [1.165, 1.54) is 11.1 Å². The summed E-state index contributed by atoms with van der Waals surface area (Å²) in [4.78, 5) is 16.4. The van der Waals surface area contributed by atoms with Crippen LogP contribution in [-0.4, -0.2) is 15.6 Å². The zero-order chi connectivity index (χ0) is 21.8. The van der Waals surface area contributed by atoms with Gasteiger partial charge >= 0.3 is 0 Å². The molecule has 1 heterocycles. The Hall–Kier alpha value is -3.45. The summed E-state index contributed by atoms with van der Waals surface area (Å²) in [5.41, 5.74) is 6.49. The summed E-state index contributed by atoms with van der Waals surface area (Å²) < 4.78 is 2.06. The van der Waals surface area contributed by atoms with Crippen LogP contribution in [0.2, 0.25) is 0 Å². The number of hydrogen-bond donors (Lipinski definition) is 0. The van der Waals surface area contributed by atoms with Crippen LogP contribution in [0.3, 0.4) is 0 Å². The van der Waals surface area contributed by atoms with Gasteiger partial charge in [-0.1, -0.05) is 68.0 Å². The van der Waals surface area contributed by atoms with Crippen LogP contribution < -0.4 is 0 Å². The Morgan fingerprint density at radius 3 is 2.52 bits per heavy atom. The van der Waals surface area contributed by atoms with Crippen molar-refractivity contribution in [3.8, 4) is 16.9 Å². The number of aromatic nitrogens is 2. The van der Waals surface area contributed by atoms with Gasteiger partial charge in [0.15, 0.2) is 5.78 Å². The molecule has 0 saturated heterocycles. The van der Waals surface area contributed by atoms with E-state index in [0.717, 1.165) is 35.5 Å². The first kappa shape index (κ1) is 19.5. The van der Waals surface area contributed by atoms with E-state index in [9.17, 15) is 4.79 Å². The summed E-state index contributed by atoms with van der Waals surface area (Å²) in [6, 6.07) is 18.7. The maximum Gasteiger partial charge on any atom is 0.226 e. The smallest absolute Gasteiger partial charge is 0.226 e. The molecular formula is C27H25N3O. The molecule has 0 amide bonds. The fourth-order valence-corrected chi connectivity index (χ4v) is 5.52. The van der Waals surface area contributed by atoms with Crippen LogP contribution in [0.5, 0.6) is 0 Å². The minimum absolute atomic E-state index is 0.0226. The molecule has 0 fully saturated rings. The van der Waals surface area contributed by atoms with Crippen LogP contribution in [0.25, 0.3) is 21.8 Å². The van der Waals surface area contributed by atoms with Crippen molar-refractivity contribution in [3.63, 3.8) is 0 Å². The Bertz CT molecular complexity index is 1240. The van der Waals surface area contributed by atoms with Crippen molar-refractivity contribution in [2.75, 3.05) is 0 Å². The van der Waals surface area contributed by atoms with Crippen molar-refractivity contribution in [3.05, 3.63) is 94.6 Å². The third-order valence-corrected chi connectivity index (χ3v) is 7.12. The van der Waals surface area contributed by atoms with Crippen molar-refractivity contribution in [1.29, 1.82) is 0 Å². The van der Waals surface area contributed by atoms with Gasteiger partial charge in [0.1, 0.15) is 0 Å². The molecule has 4 nitrogen and oxygen atoms in total. The monoisotopic (exact) mass is 407 g/mol. The molecule has 0 spiro atoms. The number of Topliss-reactive ketones (excluding diaryl/α,β-unsaturated/α-hetero) is 1. The summed E-state index contributed by atoms with van der Waals surface area (Å²) in [5, 5.41) is 5.12. The van der Waals surface area contributed by atoms with Gasteiger partial charge in [-0.3, -0.25) is 0 Å². The van der Waals surface area contributed by atoms with Crippen LogP contribution in [0.15, 0.2) is 66.4 Å². The molecule has 2 aliphatic rings. The van der Waals surface area contributed by atoms with Crippen molar-refractivity contribution < 1.29 is 4.79 Å². The topological polar surface area (TPSA) is 39.2 Å².